The normalized spacial score (nSPS) is 11.1. The van der Waals surface area contributed by atoms with Gasteiger partial charge >= 0.3 is 0 Å². The van der Waals surface area contributed by atoms with Crippen LogP contribution in [0, 0.1) is 0 Å². The number of nitrogens with two attached hydrogens (primary N) is 2. The number of ether oxygens (including phenoxy) is 2. The van der Waals surface area contributed by atoms with Crippen LogP contribution < -0.4 is 25.3 Å². The van der Waals surface area contributed by atoms with Gasteiger partial charge in [-0.05, 0) is 67.2 Å². The van der Waals surface area contributed by atoms with Crippen molar-refractivity contribution in [2.24, 2.45) is 0 Å². The maximum absolute atomic E-state index is 5.54. The molecule has 0 aliphatic rings. The first-order valence-electron chi connectivity index (χ1n) is 15.8. The number of hydrogen-bond acceptors (Lipinski definition) is 4. The first-order valence-corrected chi connectivity index (χ1v) is 15.8. The highest BCUT2D eigenvalue weighted by Gasteiger charge is 2.05. The maximum Gasteiger partial charge on any atom is 0.206 e. The summed E-state index contributed by atoms with van der Waals surface area (Å²) in [5, 5.41) is 14.0. The van der Waals surface area contributed by atoms with Gasteiger partial charge in [-0.2, -0.15) is 9.13 Å². The zero-order valence-electron chi connectivity index (χ0n) is 28.8. The Labute approximate surface area is 283 Å². The molecule has 0 unspecified atom stereocenters. The highest BCUT2D eigenvalue weighted by atomic mass is 16.5. The quantitative estimate of drug-likeness (QED) is 0.0349. The number of allylic oxidation sites excluding steroid dienone is 10. The van der Waals surface area contributed by atoms with Crippen LogP contribution in [0.2, 0.25) is 0 Å². The van der Waals surface area contributed by atoms with E-state index in [1.54, 1.807) is 12.5 Å². The van der Waals surface area contributed by atoms with Gasteiger partial charge in [-0.3, -0.25) is 10.8 Å². The van der Waals surface area contributed by atoms with Crippen LogP contribution in [-0.4, -0.2) is 37.8 Å². The summed E-state index contributed by atoms with van der Waals surface area (Å²) in [5.74, 6) is 0. The van der Waals surface area contributed by atoms with Crippen LogP contribution in [0.1, 0.15) is 37.8 Å². The molecule has 2 heterocycles. The van der Waals surface area contributed by atoms with Crippen LogP contribution in [0.25, 0.3) is 0 Å². The maximum atomic E-state index is 5.54. The van der Waals surface area contributed by atoms with Crippen molar-refractivity contribution in [3.63, 3.8) is 0 Å². The van der Waals surface area contributed by atoms with E-state index in [4.69, 9.17) is 20.3 Å². The minimum absolute atomic E-state index is 0.436. The Morgan fingerprint density at radius 3 is 1.66 bits per heavy atom. The van der Waals surface area contributed by atoms with Gasteiger partial charge in [0.15, 0.2) is 37.2 Å². The second-order valence-corrected chi connectivity index (χ2v) is 9.90. The molecule has 0 fully saturated rings. The van der Waals surface area contributed by atoms with E-state index in [2.05, 4.69) is 77.8 Å². The lowest BCUT2D eigenvalue weighted by Gasteiger charge is -2.12. The van der Waals surface area contributed by atoms with Gasteiger partial charge in [0, 0.05) is 36.4 Å². The molecule has 0 saturated carbocycles. The number of nitrogens with one attached hydrogen (secondary N) is 1. The van der Waals surface area contributed by atoms with Crippen molar-refractivity contribution in [1.29, 1.82) is 0 Å². The number of hydrogen-bond donors (Lipinski definition) is 3. The topological polar surface area (TPSA) is 92.7 Å². The Bertz CT molecular complexity index is 1290. The molecule has 2 aromatic rings. The van der Waals surface area contributed by atoms with E-state index in [0.717, 1.165) is 43.5 Å². The summed E-state index contributed by atoms with van der Waals surface area (Å²) in [6.45, 7) is 21.3. The lowest BCUT2D eigenvalue weighted by molar-refractivity contribution is -0.715. The molecule has 252 valence electrons. The third-order valence-electron chi connectivity index (χ3n) is 6.00. The summed E-state index contributed by atoms with van der Waals surface area (Å²) in [7, 11) is 2.01. The second-order valence-electron chi connectivity index (χ2n) is 9.90. The average molecular weight is 643 g/mol. The Hall–Kier alpha value is -4.92. The highest BCUT2D eigenvalue weighted by Crippen LogP contribution is 2.04. The molecule has 0 aliphatic heterocycles. The Morgan fingerprint density at radius 2 is 1.21 bits per heavy atom. The van der Waals surface area contributed by atoms with Crippen LogP contribution in [0.4, 0.5) is 0 Å². The average Bonchev–Trinajstić information content (AvgIpc) is 3.08. The van der Waals surface area contributed by atoms with E-state index in [-0.39, 0.29) is 0 Å². The van der Waals surface area contributed by atoms with E-state index < -0.39 is 0 Å². The van der Waals surface area contributed by atoms with E-state index in [1.807, 2.05) is 86.5 Å². The summed E-state index contributed by atoms with van der Waals surface area (Å²) in [4.78, 5) is 2.07. The van der Waals surface area contributed by atoms with Crippen molar-refractivity contribution in [3.05, 3.63) is 159 Å². The van der Waals surface area contributed by atoms with Crippen molar-refractivity contribution < 1.29 is 29.4 Å². The molecule has 5 N–H and O–H groups in total. The fourth-order valence-corrected chi connectivity index (χ4v) is 3.79. The minimum Gasteiger partial charge on any atom is -0.486 e. The zero-order chi connectivity index (χ0) is 35.0. The first kappa shape index (κ1) is 42.1. The fourth-order valence-electron chi connectivity index (χ4n) is 3.79. The smallest absolute Gasteiger partial charge is 0.206 e. The Morgan fingerprint density at radius 1 is 0.745 bits per heavy atom. The zero-order valence-corrected chi connectivity index (χ0v) is 28.8. The molecular formula is C39H58N6O2+4. The van der Waals surface area contributed by atoms with Crippen LogP contribution in [0.3, 0.4) is 0 Å². The molecule has 8 heteroatoms. The predicted molar refractivity (Wildman–Crippen MR) is 195 cm³/mol. The van der Waals surface area contributed by atoms with Gasteiger partial charge in [-0.1, -0.05) is 38.2 Å². The molecule has 2 aromatic heterocycles. The lowest BCUT2D eigenvalue weighted by atomic mass is 10.2. The van der Waals surface area contributed by atoms with Crippen molar-refractivity contribution in [3.8, 4) is 0 Å². The second kappa shape index (κ2) is 29.8. The van der Waals surface area contributed by atoms with Gasteiger partial charge in [0.1, 0.15) is 13.5 Å². The molecule has 0 spiro atoms. The van der Waals surface area contributed by atoms with Gasteiger partial charge < -0.3 is 9.47 Å². The lowest BCUT2D eigenvalue weighted by Crippen LogP contribution is -2.42. The van der Waals surface area contributed by atoms with E-state index in [0.29, 0.717) is 20.1 Å². The standard InChI is InChI=1S/C19H26N3O.C18H24N3O.C2H6/c1-4-6-18(8-12-20)11-15-23-17-21(3)16-22-13-9-19(7-5-2)10-14-22;1-3-5-17(7-11-19)10-14-22-16-20-15-21-12-8-18(6-4-2)9-13-21;1-2/h4-5,8-15,20H,1-2,6-7,16-17H2,3H3;3-4,7-14,19-20H,1-2,5-6,15-16H2;1-2H3/q2*+1;/p+2/b15-11-,18-8-,20-12?;14-10-,17-7-,19-11?;. The van der Waals surface area contributed by atoms with Crippen LogP contribution in [0.15, 0.2) is 148 Å². The van der Waals surface area contributed by atoms with Crippen LogP contribution in [0.5, 0.6) is 0 Å². The Balaban J connectivity index is 0.000000856. The van der Waals surface area contributed by atoms with Gasteiger partial charge in [-0.25, -0.2) is 10.2 Å². The first-order chi connectivity index (χ1) is 23.0. The van der Waals surface area contributed by atoms with E-state index >= 15 is 0 Å². The molecule has 0 bridgehead atoms. The summed E-state index contributed by atoms with van der Waals surface area (Å²) in [6, 6.07) is 8.37. The molecule has 0 radical (unpaired) electrons. The molecule has 2 rings (SSSR count). The summed E-state index contributed by atoms with van der Waals surface area (Å²) in [6.07, 6.45) is 32.8. The van der Waals surface area contributed by atoms with Crippen molar-refractivity contribution >= 4 is 12.4 Å². The predicted octanol–water partition coefficient (Wildman–Crippen LogP) is 3.51. The molecular weight excluding hydrogens is 584 g/mol. The molecule has 0 amide bonds. The SMILES string of the molecule is C=CCC(/C=C\OCN(C)C[n+]1ccc(CC=C)cc1)=C/C=[NH2+].C=CCC(/C=C\OCNC[n+]1ccc(CC=C)cc1)=C/C=[NH2+].CC. The van der Waals surface area contributed by atoms with Gasteiger partial charge in [0.2, 0.25) is 13.3 Å². The van der Waals surface area contributed by atoms with E-state index in [9.17, 15) is 0 Å². The van der Waals surface area contributed by atoms with Crippen molar-refractivity contribution in [2.75, 3.05) is 20.5 Å². The number of aromatic nitrogens is 2. The molecule has 0 aliphatic carbocycles. The monoisotopic (exact) mass is 642 g/mol. The minimum atomic E-state index is 0.436. The molecule has 8 nitrogen and oxygen atoms in total. The Kier molecular flexibility index (Phi) is 26.7. The molecule has 0 aromatic carbocycles. The number of rotatable bonds is 22. The van der Waals surface area contributed by atoms with Gasteiger partial charge in [-0.15, -0.1) is 26.3 Å². The van der Waals surface area contributed by atoms with Gasteiger partial charge in [0.05, 0.1) is 12.5 Å². The molecule has 0 atom stereocenters. The summed E-state index contributed by atoms with van der Waals surface area (Å²) >= 11 is 0. The summed E-state index contributed by atoms with van der Waals surface area (Å²) < 4.78 is 15.1. The van der Waals surface area contributed by atoms with Crippen LogP contribution in [-0.2, 0) is 35.7 Å². The van der Waals surface area contributed by atoms with Gasteiger partial charge in [0.25, 0.3) is 0 Å². The van der Waals surface area contributed by atoms with Crippen molar-refractivity contribution in [2.45, 2.75) is 52.9 Å². The fraction of sp³-hybridized carbons (Fsp3) is 0.282. The third-order valence-corrected chi connectivity index (χ3v) is 6.00. The number of nitrogens with zero attached hydrogens (tertiary/aromatic N) is 3. The third kappa shape index (κ3) is 22.3. The van der Waals surface area contributed by atoms with Crippen LogP contribution >= 0.6 is 0 Å². The van der Waals surface area contributed by atoms with E-state index in [1.165, 1.54) is 23.6 Å². The molecule has 0 saturated heterocycles. The summed E-state index contributed by atoms with van der Waals surface area (Å²) in [5.41, 5.74) is 4.61. The number of pyridine rings is 2. The largest absolute Gasteiger partial charge is 0.486 e. The molecule has 47 heavy (non-hydrogen) atoms. The van der Waals surface area contributed by atoms with Crippen molar-refractivity contribution in [1.82, 2.24) is 10.2 Å². The highest BCUT2D eigenvalue weighted by molar-refractivity contribution is 5.67.